The molecule has 70 valence electrons. The quantitative estimate of drug-likeness (QED) is 0.444. The molecule has 12 heavy (non-hydrogen) atoms. The van der Waals surface area contributed by atoms with Crippen LogP contribution in [0.1, 0.15) is 19.3 Å². The Morgan fingerprint density at radius 1 is 1.42 bits per heavy atom. The van der Waals surface area contributed by atoms with Crippen molar-refractivity contribution >= 4 is 5.97 Å². The van der Waals surface area contributed by atoms with Gasteiger partial charge in [0, 0.05) is 19.3 Å². The summed E-state index contributed by atoms with van der Waals surface area (Å²) < 4.78 is 9.21. The Bertz CT molecular complexity index is 116. The maximum Gasteiger partial charge on any atom is 0.329 e. The largest absolute Gasteiger partial charge is 0.466 e. The minimum absolute atomic E-state index is 0.394. The smallest absolute Gasteiger partial charge is 0.329 e. The summed E-state index contributed by atoms with van der Waals surface area (Å²) in [6.45, 7) is 5.16. The first-order chi connectivity index (χ1) is 5.81. The highest BCUT2D eigenvalue weighted by atomic mass is 16.5. The summed E-state index contributed by atoms with van der Waals surface area (Å²) in [6.07, 6.45) is 5.04. The molecular weight excluding hydrogens is 156 g/mol. The van der Waals surface area contributed by atoms with Crippen molar-refractivity contribution in [2.24, 2.45) is 0 Å². The number of hydrogen-bond acceptors (Lipinski definition) is 3. The van der Waals surface area contributed by atoms with Crippen molar-refractivity contribution in [1.29, 1.82) is 0 Å². The summed E-state index contributed by atoms with van der Waals surface area (Å²) in [6, 6.07) is 0. The SMILES string of the molecule is C1CCOCC1.C=CC(=O)OC. The molecule has 0 aromatic heterocycles. The lowest BCUT2D eigenvalue weighted by atomic mass is 10.2. The van der Waals surface area contributed by atoms with Crippen LogP contribution < -0.4 is 0 Å². The van der Waals surface area contributed by atoms with Gasteiger partial charge >= 0.3 is 5.97 Å². The molecule has 0 unspecified atom stereocenters. The topological polar surface area (TPSA) is 35.5 Å². The predicted octanol–water partition coefficient (Wildman–Crippen LogP) is 1.53. The molecule has 0 saturated carbocycles. The maximum atomic E-state index is 9.84. The van der Waals surface area contributed by atoms with E-state index in [1.807, 2.05) is 0 Å². The standard InChI is InChI=1S/C5H10O.C4H6O2/c1-2-4-6-5-3-1;1-3-4(5)6-2/h1-5H2;3H,1H2,2H3. The highest BCUT2D eigenvalue weighted by molar-refractivity contribution is 5.80. The van der Waals surface area contributed by atoms with Gasteiger partial charge in [0.05, 0.1) is 7.11 Å². The monoisotopic (exact) mass is 172 g/mol. The van der Waals surface area contributed by atoms with Crippen molar-refractivity contribution in [3.63, 3.8) is 0 Å². The third-order valence-corrected chi connectivity index (χ3v) is 1.45. The van der Waals surface area contributed by atoms with Crippen molar-refractivity contribution in [3.8, 4) is 0 Å². The molecule has 0 aromatic carbocycles. The van der Waals surface area contributed by atoms with Gasteiger partial charge in [-0.25, -0.2) is 4.79 Å². The van der Waals surface area contributed by atoms with Crippen LogP contribution in [-0.4, -0.2) is 26.3 Å². The molecular formula is C9H16O3. The fourth-order valence-corrected chi connectivity index (χ4v) is 0.770. The average Bonchev–Trinajstić information content (AvgIpc) is 2.20. The number of carbonyl (C=O) groups is 1. The highest BCUT2D eigenvalue weighted by Gasteiger charge is 1.95. The van der Waals surface area contributed by atoms with Gasteiger partial charge in [-0.3, -0.25) is 0 Å². The molecule has 1 rings (SSSR count). The van der Waals surface area contributed by atoms with Crippen molar-refractivity contribution in [1.82, 2.24) is 0 Å². The number of hydrogen-bond donors (Lipinski definition) is 0. The van der Waals surface area contributed by atoms with Crippen LogP contribution in [0.25, 0.3) is 0 Å². The fourth-order valence-electron chi connectivity index (χ4n) is 0.770. The summed E-state index contributed by atoms with van der Waals surface area (Å²) in [7, 11) is 1.31. The van der Waals surface area contributed by atoms with Crippen LogP contribution >= 0.6 is 0 Å². The van der Waals surface area contributed by atoms with Gasteiger partial charge < -0.3 is 9.47 Å². The van der Waals surface area contributed by atoms with Gasteiger partial charge in [-0.2, -0.15) is 0 Å². The molecule has 1 aliphatic heterocycles. The van der Waals surface area contributed by atoms with Gasteiger partial charge in [-0.05, 0) is 19.3 Å². The van der Waals surface area contributed by atoms with Crippen LogP contribution in [0.2, 0.25) is 0 Å². The Balaban J connectivity index is 0.000000202. The van der Waals surface area contributed by atoms with Crippen molar-refractivity contribution in [2.45, 2.75) is 19.3 Å². The lowest BCUT2D eigenvalue weighted by Crippen LogP contribution is -2.03. The molecule has 0 amide bonds. The van der Waals surface area contributed by atoms with Gasteiger partial charge in [0.25, 0.3) is 0 Å². The zero-order valence-corrected chi connectivity index (χ0v) is 7.54. The minimum Gasteiger partial charge on any atom is -0.466 e. The molecule has 3 heteroatoms. The molecule has 1 saturated heterocycles. The molecule has 0 bridgehead atoms. The summed E-state index contributed by atoms with van der Waals surface area (Å²) in [5, 5.41) is 0. The molecule has 0 aromatic rings. The van der Waals surface area contributed by atoms with E-state index in [1.165, 1.54) is 26.4 Å². The second kappa shape index (κ2) is 8.27. The summed E-state index contributed by atoms with van der Waals surface area (Å²) in [5.74, 6) is -0.394. The summed E-state index contributed by atoms with van der Waals surface area (Å²) in [5.41, 5.74) is 0. The zero-order valence-electron chi connectivity index (χ0n) is 7.54. The first-order valence-electron chi connectivity index (χ1n) is 4.09. The van der Waals surface area contributed by atoms with E-state index in [0.717, 1.165) is 19.3 Å². The third kappa shape index (κ3) is 7.28. The second-order valence-electron chi connectivity index (χ2n) is 2.40. The lowest BCUT2D eigenvalue weighted by molar-refractivity contribution is -0.134. The van der Waals surface area contributed by atoms with Crippen LogP contribution in [0.15, 0.2) is 12.7 Å². The average molecular weight is 172 g/mol. The van der Waals surface area contributed by atoms with Gasteiger partial charge in [0.1, 0.15) is 0 Å². The number of esters is 1. The van der Waals surface area contributed by atoms with Crippen LogP contribution in [0.4, 0.5) is 0 Å². The number of methoxy groups -OCH3 is 1. The van der Waals surface area contributed by atoms with Crippen molar-refractivity contribution < 1.29 is 14.3 Å². The van der Waals surface area contributed by atoms with Crippen molar-refractivity contribution in [3.05, 3.63) is 12.7 Å². The zero-order chi connectivity index (χ0) is 9.23. The second-order valence-corrected chi connectivity index (χ2v) is 2.40. The van der Waals surface area contributed by atoms with Crippen LogP contribution in [-0.2, 0) is 14.3 Å². The number of ether oxygens (including phenoxy) is 2. The van der Waals surface area contributed by atoms with Crippen LogP contribution in [0.5, 0.6) is 0 Å². The molecule has 0 atom stereocenters. The normalized spacial score (nSPS) is 15.4. The summed E-state index contributed by atoms with van der Waals surface area (Å²) >= 11 is 0. The Morgan fingerprint density at radius 3 is 2.08 bits per heavy atom. The Morgan fingerprint density at radius 2 is 2.00 bits per heavy atom. The van der Waals surface area contributed by atoms with Crippen LogP contribution in [0, 0.1) is 0 Å². The van der Waals surface area contributed by atoms with E-state index in [4.69, 9.17) is 4.74 Å². The van der Waals surface area contributed by atoms with Gasteiger partial charge in [0.15, 0.2) is 0 Å². The molecule has 0 aliphatic carbocycles. The van der Waals surface area contributed by atoms with E-state index in [-0.39, 0.29) is 0 Å². The Labute approximate surface area is 73.4 Å². The van der Waals surface area contributed by atoms with Gasteiger partial charge in [-0.1, -0.05) is 6.58 Å². The maximum absolute atomic E-state index is 9.84. The van der Waals surface area contributed by atoms with Gasteiger partial charge in [0.2, 0.25) is 0 Å². The van der Waals surface area contributed by atoms with Gasteiger partial charge in [-0.15, -0.1) is 0 Å². The first kappa shape index (κ1) is 11.2. The predicted molar refractivity (Wildman–Crippen MR) is 46.9 cm³/mol. The van der Waals surface area contributed by atoms with Crippen molar-refractivity contribution in [2.75, 3.05) is 20.3 Å². The van der Waals surface area contributed by atoms with E-state index in [9.17, 15) is 4.79 Å². The first-order valence-corrected chi connectivity index (χ1v) is 4.09. The van der Waals surface area contributed by atoms with E-state index in [0.29, 0.717) is 0 Å². The Hall–Kier alpha value is -0.830. The van der Waals surface area contributed by atoms with Crippen LogP contribution in [0.3, 0.4) is 0 Å². The third-order valence-electron chi connectivity index (χ3n) is 1.45. The highest BCUT2D eigenvalue weighted by Crippen LogP contribution is 2.02. The minimum atomic E-state index is -0.394. The molecule has 0 N–H and O–H groups in total. The molecule has 1 aliphatic rings. The number of rotatable bonds is 1. The molecule has 0 radical (unpaired) electrons. The lowest BCUT2D eigenvalue weighted by Gasteiger charge is -2.08. The molecule has 0 spiro atoms. The van der Waals surface area contributed by atoms with E-state index in [1.54, 1.807) is 0 Å². The van der Waals surface area contributed by atoms with E-state index in [2.05, 4.69) is 11.3 Å². The summed E-state index contributed by atoms with van der Waals surface area (Å²) in [4.78, 5) is 9.84. The number of carbonyl (C=O) groups excluding carboxylic acids is 1. The molecule has 1 fully saturated rings. The molecule has 3 nitrogen and oxygen atoms in total. The van der Waals surface area contributed by atoms with E-state index < -0.39 is 5.97 Å². The van der Waals surface area contributed by atoms with E-state index >= 15 is 0 Å². The fraction of sp³-hybridized carbons (Fsp3) is 0.667. The Kier molecular flexibility index (Phi) is 7.70. The molecule has 1 heterocycles.